The summed E-state index contributed by atoms with van der Waals surface area (Å²) in [4.78, 5) is 23.2. The summed E-state index contributed by atoms with van der Waals surface area (Å²) in [5, 5.41) is 18.3. The smallest absolute Gasteiger partial charge is 0.275 e. The van der Waals surface area contributed by atoms with Gasteiger partial charge in [-0.25, -0.2) is 0 Å². The van der Waals surface area contributed by atoms with Crippen molar-refractivity contribution in [3.8, 4) is 11.5 Å². The number of rotatable bonds is 6. The van der Waals surface area contributed by atoms with Crippen molar-refractivity contribution >= 4 is 33.2 Å². The number of hydrogen-bond acceptors (Lipinski definition) is 5. The number of ether oxygens (including phenoxy) is 1. The van der Waals surface area contributed by atoms with E-state index in [1.807, 2.05) is 39.0 Å². The number of non-ortho nitro benzene ring substituents is 1. The topological polar surface area (TPSA) is 99.3 Å². The molecule has 3 rings (SSSR count). The maximum absolute atomic E-state index is 12.5. The van der Waals surface area contributed by atoms with Crippen molar-refractivity contribution in [2.75, 3.05) is 5.32 Å². The van der Waals surface area contributed by atoms with Gasteiger partial charge in [0.25, 0.3) is 5.69 Å². The van der Waals surface area contributed by atoms with Crippen LogP contribution in [0.25, 0.3) is 0 Å². The first kappa shape index (κ1) is 20.5. The lowest BCUT2D eigenvalue weighted by Crippen LogP contribution is -2.20. The lowest BCUT2D eigenvalue weighted by atomic mass is 10.2. The van der Waals surface area contributed by atoms with Crippen LogP contribution in [0.4, 0.5) is 11.4 Å². The van der Waals surface area contributed by atoms with Crippen molar-refractivity contribution in [1.82, 2.24) is 9.78 Å². The molecule has 9 heteroatoms. The zero-order valence-electron chi connectivity index (χ0n) is 16.1. The summed E-state index contributed by atoms with van der Waals surface area (Å²) in [5.74, 6) is 0.453. The molecule has 1 N–H and O–H groups in total. The third-order valence-electron chi connectivity index (χ3n) is 4.20. The first-order valence-corrected chi connectivity index (χ1v) is 9.55. The van der Waals surface area contributed by atoms with Crippen LogP contribution in [0.15, 0.2) is 46.9 Å². The van der Waals surface area contributed by atoms with E-state index in [1.54, 1.807) is 16.8 Å². The van der Waals surface area contributed by atoms with Gasteiger partial charge in [0.15, 0.2) is 0 Å². The molecule has 150 valence electrons. The van der Waals surface area contributed by atoms with E-state index in [2.05, 4.69) is 26.3 Å². The van der Waals surface area contributed by atoms with Gasteiger partial charge in [0.1, 0.15) is 18.0 Å². The van der Waals surface area contributed by atoms with Crippen molar-refractivity contribution in [3.05, 3.63) is 74.0 Å². The number of carbonyl (C=O) groups is 1. The van der Waals surface area contributed by atoms with Crippen LogP contribution < -0.4 is 10.1 Å². The van der Waals surface area contributed by atoms with Crippen molar-refractivity contribution in [2.24, 2.45) is 0 Å². The Hall–Kier alpha value is -3.20. The van der Waals surface area contributed by atoms with Crippen molar-refractivity contribution in [3.63, 3.8) is 0 Å². The fourth-order valence-electron chi connectivity index (χ4n) is 2.80. The molecule has 0 atom stereocenters. The number of carbonyl (C=O) groups excluding carboxylic acids is 1. The van der Waals surface area contributed by atoms with Gasteiger partial charge in [-0.3, -0.25) is 19.6 Å². The molecule has 0 aliphatic rings. The van der Waals surface area contributed by atoms with Gasteiger partial charge in [-0.1, -0.05) is 12.1 Å². The predicted molar refractivity (Wildman–Crippen MR) is 112 cm³/mol. The summed E-state index contributed by atoms with van der Waals surface area (Å²) < 4.78 is 8.16. The second-order valence-corrected chi connectivity index (χ2v) is 7.37. The summed E-state index contributed by atoms with van der Waals surface area (Å²) in [6, 6.07) is 11.5. The molecule has 0 aliphatic carbocycles. The molecule has 0 fully saturated rings. The number of hydrogen-bond donors (Lipinski definition) is 1. The first-order chi connectivity index (χ1) is 13.7. The third kappa shape index (κ3) is 5.00. The molecular formula is C20H19BrN4O4. The highest BCUT2D eigenvalue weighted by molar-refractivity contribution is 9.10. The molecule has 1 heterocycles. The van der Waals surface area contributed by atoms with Gasteiger partial charge in [0.2, 0.25) is 5.91 Å². The third-order valence-corrected chi connectivity index (χ3v) is 5.35. The zero-order chi connectivity index (χ0) is 21.1. The molecule has 1 aromatic heterocycles. The highest BCUT2D eigenvalue weighted by Crippen LogP contribution is 2.30. The van der Waals surface area contributed by atoms with Crippen LogP contribution in [-0.2, 0) is 11.3 Å². The van der Waals surface area contributed by atoms with E-state index >= 15 is 0 Å². The maximum Gasteiger partial charge on any atom is 0.275 e. The second-order valence-electron chi connectivity index (χ2n) is 6.58. The van der Waals surface area contributed by atoms with Crippen LogP contribution in [0.5, 0.6) is 11.5 Å². The van der Waals surface area contributed by atoms with Gasteiger partial charge < -0.3 is 10.1 Å². The summed E-state index contributed by atoms with van der Waals surface area (Å²) >= 11 is 3.42. The average molecular weight is 459 g/mol. The Kier molecular flexibility index (Phi) is 5.97. The number of nitrogens with zero attached hydrogens (tertiary/aromatic N) is 3. The van der Waals surface area contributed by atoms with Gasteiger partial charge >= 0.3 is 0 Å². The Bertz CT molecular complexity index is 1090. The summed E-state index contributed by atoms with van der Waals surface area (Å²) in [7, 11) is 0. The highest BCUT2D eigenvalue weighted by Gasteiger charge is 2.15. The van der Waals surface area contributed by atoms with Gasteiger partial charge in [0.05, 0.1) is 32.5 Å². The number of anilines is 1. The van der Waals surface area contributed by atoms with Crippen molar-refractivity contribution in [1.29, 1.82) is 0 Å². The minimum absolute atomic E-state index is 0.0188. The molecular weight excluding hydrogens is 440 g/mol. The molecule has 0 spiro atoms. The molecule has 0 aliphatic heterocycles. The molecule has 2 aromatic carbocycles. The van der Waals surface area contributed by atoms with Crippen LogP contribution >= 0.6 is 15.9 Å². The summed E-state index contributed by atoms with van der Waals surface area (Å²) in [6.07, 6.45) is 0. The van der Waals surface area contributed by atoms with Gasteiger partial charge in [-0.05, 0) is 54.4 Å². The van der Waals surface area contributed by atoms with E-state index in [1.165, 1.54) is 12.1 Å². The summed E-state index contributed by atoms with van der Waals surface area (Å²) in [6.45, 7) is 5.58. The number of nitrogens with one attached hydrogen (secondary N) is 1. The first-order valence-electron chi connectivity index (χ1n) is 8.76. The second kappa shape index (κ2) is 8.44. The van der Waals surface area contributed by atoms with Gasteiger partial charge in [0, 0.05) is 12.1 Å². The highest BCUT2D eigenvalue weighted by atomic mass is 79.9. The Balaban J connectivity index is 1.82. The largest absolute Gasteiger partial charge is 0.457 e. The summed E-state index contributed by atoms with van der Waals surface area (Å²) in [5.41, 5.74) is 2.68. The number of nitro benzene ring substituents is 1. The Morgan fingerprint density at radius 1 is 1.21 bits per heavy atom. The minimum atomic E-state index is -0.531. The van der Waals surface area contributed by atoms with E-state index in [0.29, 0.717) is 5.75 Å². The van der Waals surface area contributed by atoms with Crippen molar-refractivity contribution < 1.29 is 14.5 Å². The molecule has 8 nitrogen and oxygen atoms in total. The zero-order valence-corrected chi connectivity index (χ0v) is 17.7. The Morgan fingerprint density at radius 2 is 1.97 bits per heavy atom. The molecule has 29 heavy (non-hydrogen) atoms. The van der Waals surface area contributed by atoms with Gasteiger partial charge in [-0.15, -0.1) is 0 Å². The van der Waals surface area contributed by atoms with E-state index in [9.17, 15) is 14.9 Å². The van der Waals surface area contributed by atoms with E-state index in [0.717, 1.165) is 21.4 Å². The number of halogens is 1. The molecule has 3 aromatic rings. The van der Waals surface area contributed by atoms with Crippen molar-refractivity contribution in [2.45, 2.75) is 27.3 Å². The quantitative estimate of drug-likeness (QED) is 0.417. The number of benzene rings is 2. The molecule has 1 amide bonds. The normalized spacial score (nSPS) is 10.6. The van der Waals surface area contributed by atoms with Crippen LogP contribution in [-0.4, -0.2) is 20.6 Å². The SMILES string of the molecule is Cc1cccc(Oc2cc(NC(=O)Cn3nc(C)c(Br)c3C)cc([N+](=O)[O-])c2)c1. The monoisotopic (exact) mass is 458 g/mol. The fourth-order valence-corrected chi connectivity index (χ4v) is 3.08. The average Bonchev–Trinajstić information content (AvgIpc) is 2.88. The molecule has 0 bridgehead atoms. The van der Waals surface area contributed by atoms with Crippen LogP contribution in [0, 0.1) is 30.9 Å². The maximum atomic E-state index is 12.5. The molecule has 0 radical (unpaired) electrons. The molecule has 0 unspecified atom stereocenters. The fraction of sp³-hybridized carbons (Fsp3) is 0.200. The lowest BCUT2D eigenvalue weighted by molar-refractivity contribution is -0.384. The van der Waals surface area contributed by atoms with Crippen LogP contribution in [0.1, 0.15) is 17.0 Å². The van der Waals surface area contributed by atoms with Crippen LogP contribution in [0.2, 0.25) is 0 Å². The van der Waals surface area contributed by atoms with E-state index in [-0.39, 0.29) is 29.6 Å². The molecule has 0 saturated heterocycles. The van der Waals surface area contributed by atoms with Gasteiger partial charge in [-0.2, -0.15) is 5.10 Å². The Morgan fingerprint density at radius 3 is 2.59 bits per heavy atom. The minimum Gasteiger partial charge on any atom is -0.457 e. The predicted octanol–water partition coefficient (Wildman–Crippen LogP) is 4.91. The van der Waals surface area contributed by atoms with E-state index < -0.39 is 4.92 Å². The van der Waals surface area contributed by atoms with Crippen LogP contribution in [0.3, 0.4) is 0 Å². The standard InChI is InChI=1S/C20H19BrN4O4/c1-12-5-4-6-17(7-12)29-18-9-15(8-16(10-18)25(27)28)22-19(26)11-24-14(3)20(21)13(2)23-24/h4-10H,11H2,1-3H3,(H,22,26). The Labute approximate surface area is 175 Å². The molecule has 0 saturated carbocycles. The number of aryl methyl sites for hydroxylation is 2. The number of nitro groups is 1. The van der Waals surface area contributed by atoms with E-state index in [4.69, 9.17) is 4.74 Å². The number of aromatic nitrogens is 2. The number of amides is 1. The lowest BCUT2D eigenvalue weighted by Gasteiger charge is -2.10.